The molecule has 0 saturated carbocycles. The number of hydrogen-bond donors (Lipinski definition) is 3. The number of amides is 2. The number of ether oxygens (including phenoxy) is 1. The molecular weight excluding hydrogens is 472 g/mol. The highest BCUT2D eigenvalue weighted by molar-refractivity contribution is 9.10. The molecule has 4 rings (SSSR count). The average molecular weight is 491 g/mol. The lowest BCUT2D eigenvalue weighted by Gasteiger charge is -2.11. The van der Waals surface area contributed by atoms with Gasteiger partial charge in [-0.25, -0.2) is 19.7 Å². The molecule has 0 spiro atoms. The van der Waals surface area contributed by atoms with Gasteiger partial charge in [-0.3, -0.25) is 0 Å². The maximum absolute atomic E-state index is 12.3. The summed E-state index contributed by atoms with van der Waals surface area (Å²) in [6, 6.07) is 19.6. The van der Waals surface area contributed by atoms with Crippen molar-refractivity contribution >= 4 is 39.3 Å². The summed E-state index contributed by atoms with van der Waals surface area (Å²) in [4.78, 5) is 25.2. The first kappa shape index (κ1) is 21.3. The van der Waals surface area contributed by atoms with Crippen molar-refractivity contribution in [2.45, 2.75) is 0 Å². The fourth-order valence-electron chi connectivity index (χ4n) is 2.86. The molecule has 0 bridgehead atoms. The van der Waals surface area contributed by atoms with E-state index in [9.17, 15) is 4.79 Å². The second kappa shape index (κ2) is 9.88. The van der Waals surface area contributed by atoms with Crippen molar-refractivity contribution in [2.24, 2.45) is 0 Å². The van der Waals surface area contributed by atoms with Crippen LogP contribution in [0.5, 0.6) is 11.6 Å². The van der Waals surface area contributed by atoms with E-state index in [-0.39, 0.29) is 6.03 Å². The molecule has 0 atom stereocenters. The predicted molar refractivity (Wildman–Crippen MR) is 128 cm³/mol. The summed E-state index contributed by atoms with van der Waals surface area (Å²) in [5.74, 6) is 1.50. The molecule has 9 heteroatoms. The van der Waals surface area contributed by atoms with Crippen LogP contribution < -0.4 is 20.7 Å². The Morgan fingerprint density at radius 1 is 0.906 bits per heavy atom. The zero-order chi connectivity index (χ0) is 22.3. The summed E-state index contributed by atoms with van der Waals surface area (Å²) in [7, 11) is 1.76. The number of nitrogens with one attached hydrogen (secondary N) is 3. The maximum Gasteiger partial charge on any atom is 0.323 e. The number of hydrogen-bond acceptors (Lipinski definition) is 6. The average Bonchev–Trinajstić information content (AvgIpc) is 2.82. The minimum absolute atomic E-state index is 0.346. The number of carbonyl (C=O) groups excluding carboxylic acids is 1. The van der Waals surface area contributed by atoms with E-state index >= 15 is 0 Å². The topological polar surface area (TPSA) is 101 Å². The zero-order valence-electron chi connectivity index (χ0n) is 17.0. The van der Waals surface area contributed by atoms with Crippen LogP contribution in [-0.2, 0) is 0 Å². The van der Waals surface area contributed by atoms with E-state index in [1.807, 2.05) is 36.4 Å². The number of para-hydroxylation sites is 1. The summed E-state index contributed by atoms with van der Waals surface area (Å²) in [6.07, 6.45) is 3.32. The van der Waals surface area contributed by atoms with Crippen molar-refractivity contribution in [3.05, 3.63) is 83.6 Å². The Bertz CT molecular complexity index is 1230. The van der Waals surface area contributed by atoms with E-state index in [2.05, 4.69) is 46.8 Å². The van der Waals surface area contributed by atoms with Gasteiger partial charge in [0.1, 0.15) is 5.75 Å². The summed E-state index contributed by atoms with van der Waals surface area (Å²) in [5.41, 5.74) is 2.73. The third kappa shape index (κ3) is 5.19. The molecule has 2 aromatic heterocycles. The molecule has 4 aromatic rings. The Hall–Kier alpha value is -3.98. The van der Waals surface area contributed by atoms with E-state index in [1.165, 1.54) is 0 Å². The van der Waals surface area contributed by atoms with Crippen molar-refractivity contribution in [2.75, 3.05) is 23.0 Å². The molecule has 8 nitrogen and oxygen atoms in total. The molecule has 0 fully saturated rings. The van der Waals surface area contributed by atoms with Crippen LogP contribution in [-0.4, -0.2) is 28.0 Å². The normalized spacial score (nSPS) is 10.3. The van der Waals surface area contributed by atoms with Gasteiger partial charge in [0, 0.05) is 29.6 Å². The smallest absolute Gasteiger partial charge is 0.323 e. The van der Waals surface area contributed by atoms with Crippen molar-refractivity contribution in [3.63, 3.8) is 0 Å². The number of nitrogens with zero attached hydrogens (tertiary/aromatic N) is 3. The lowest BCUT2D eigenvalue weighted by atomic mass is 10.2. The largest absolute Gasteiger partial charge is 0.438 e. The van der Waals surface area contributed by atoms with E-state index in [0.717, 1.165) is 10.0 Å². The molecule has 3 N–H and O–H groups in total. The van der Waals surface area contributed by atoms with Gasteiger partial charge in [-0.1, -0.05) is 12.1 Å². The lowest BCUT2D eigenvalue weighted by molar-refractivity contribution is 0.262. The number of urea groups is 1. The third-order valence-electron chi connectivity index (χ3n) is 4.38. The molecular formula is C23H19BrN6O2. The quantitative estimate of drug-likeness (QED) is 0.316. The Morgan fingerprint density at radius 2 is 1.72 bits per heavy atom. The number of benzene rings is 2. The third-order valence-corrected chi connectivity index (χ3v) is 5.07. The van der Waals surface area contributed by atoms with Gasteiger partial charge in [-0.2, -0.15) is 0 Å². The Morgan fingerprint density at radius 3 is 2.50 bits per heavy atom. The van der Waals surface area contributed by atoms with Crippen LogP contribution >= 0.6 is 15.9 Å². The van der Waals surface area contributed by atoms with Crippen molar-refractivity contribution in [1.29, 1.82) is 0 Å². The van der Waals surface area contributed by atoms with Gasteiger partial charge in [-0.15, -0.1) is 0 Å². The minimum Gasteiger partial charge on any atom is -0.438 e. The highest BCUT2D eigenvalue weighted by Gasteiger charge is 2.11. The van der Waals surface area contributed by atoms with Gasteiger partial charge in [-0.05, 0) is 70.5 Å². The summed E-state index contributed by atoms with van der Waals surface area (Å²) in [5, 5.41) is 8.51. The summed E-state index contributed by atoms with van der Waals surface area (Å²) >= 11 is 3.41. The molecule has 2 aromatic carbocycles. The van der Waals surface area contributed by atoms with Crippen LogP contribution in [0.25, 0.3) is 11.3 Å². The minimum atomic E-state index is -0.346. The molecule has 32 heavy (non-hydrogen) atoms. The molecule has 2 amide bonds. The van der Waals surface area contributed by atoms with Gasteiger partial charge in [0.15, 0.2) is 0 Å². The van der Waals surface area contributed by atoms with Crippen LogP contribution in [0.3, 0.4) is 0 Å². The van der Waals surface area contributed by atoms with Crippen LogP contribution in [0, 0.1) is 0 Å². The van der Waals surface area contributed by atoms with Crippen LogP contribution in [0.15, 0.2) is 83.6 Å². The zero-order valence-corrected chi connectivity index (χ0v) is 18.6. The number of pyridine rings is 1. The second-order valence-electron chi connectivity index (χ2n) is 6.56. The summed E-state index contributed by atoms with van der Waals surface area (Å²) in [6.45, 7) is 0. The lowest BCUT2D eigenvalue weighted by Crippen LogP contribution is -2.19. The van der Waals surface area contributed by atoms with Crippen molar-refractivity contribution < 1.29 is 9.53 Å². The Balaban J connectivity index is 1.45. The first-order valence-electron chi connectivity index (χ1n) is 9.69. The highest BCUT2D eigenvalue weighted by Crippen LogP contribution is 2.31. The van der Waals surface area contributed by atoms with E-state index in [4.69, 9.17) is 4.74 Å². The van der Waals surface area contributed by atoms with Crippen LogP contribution in [0.4, 0.5) is 22.1 Å². The maximum atomic E-state index is 12.3. The number of halogens is 1. The molecule has 160 valence electrons. The van der Waals surface area contributed by atoms with Gasteiger partial charge in [0.25, 0.3) is 0 Å². The first-order chi connectivity index (χ1) is 15.6. The molecule has 2 heterocycles. The fraction of sp³-hybridized carbons (Fsp3) is 0.0435. The van der Waals surface area contributed by atoms with Gasteiger partial charge in [0.2, 0.25) is 11.8 Å². The second-order valence-corrected chi connectivity index (χ2v) is 7.41. The van der Waals surface area contributed by atoms with E-state index in [1.54, 1.807) is 49.8 Å². The van der Waals surface area contributed by atoms with Gasteiger partial charge < -0.3 is 20.7 Å². The van der Waals surface area contributed by atoms with Crippen molar-refractivity contribution in [1.82, 2.24) is 15.0 Å². The first-order valence-corrected chi connectivity index (χ1v) is 10.5. The fourth-order valence-corrected chi connectivity index (χ4v) is 3.25. The monoisotopic (exact) mass is 490 g/mol. The SMILES string of the molecule is CNc1nccc(-c2cccnc2Oc2ccc(NC(=O)Nc3ccccc3Br)cc2)n1. The predicted octanol–water partition coefficient (Wildman–Crippen LogP) is 5.78. The standard InChI is InChI=1S/C23H19BrN6O2/c1-25-22-27-14-12-19(29-22)17-5-4-13-26-21(17)32-16-10-8-15(9-11-16)28-23(31)30-20-7-3-2-6-18(20)24/h2-14H,1H3,(H,25,27,29)(H2,28,30,31). The van der Waals surface area contributed by atoms with Crippen LogP contribution in [0.2, 0.25) is 0 Å². The Kier molecular flexibility index (Phi) is 6.57. The molecule has 0 aliphatic heterocycles. The van der Waals surface area contributed by atoms with E-state index in [0.29, 0.717) is 34.6 Å². The molecule has 0 unspecified atom stereocenters. The number of anilines is 3. The Labute approximate surface area is 193 Å². The highest BCUT2D eigenvalue weighted by atomic mass is 79.9. The number of carbonyl (C=O) groups is 1. The van der Waals surface area contributed by atoms with Crippen molar-refractivity contribution in [3.8, 4) is 22.9 Å². The van der Waals surface area contributed by atoms with Crippen LogP contribution in [0.1, 0.15) is 0 Å². The number of rotatable bonds is 6. The molecule has 0 radical (unpaired) electrons. The molecule has 0 aliphatic carbocycles. The van der Waals surface area contributed by atoms with E-state index < -0.39 is 0 Å². The molecule has 0 aliphatic rings. The summed E-state index contributed by atoms with van der Waals surface area (Å²) < 4.78 is 6.78. The van der Waals surface area contributed by atoms with Gasteiger partial charge >= 0.3 is 6.03 Å². The molecule has 0 saturated heterocycles. The number of aromatic nitrogens is 3. The van der Waals surface area contributed by atoms with Gasteiger partial charge in [0.05, 0.1) is 16.9 Å².